The van der Waals surface area contributed by atoms with Crippen molar-refractivity contribution in [2.45, 2.75) is 6.42 Å². The third-order valence-electron chi connectivity index (χ3n) is 4.57. The van der Waals surface area contributed by atoms with E-state index in [-0.39, 0.29) is 6.42 Å². The molecule has 3 aromatic heterocycles. The molecular formula is C21H16IN3O3S. The number of rotatable bonds is 6. The second-order valence-electron chi connectivity index (χ2n) is 6.39. The van der Waals surface area contributed by atoms with Crippen molar-refractivity contribution in [3.63, 3.8) is 0 Å². The summed E-state index contributed by atoms with van der Waals surface area (Å²) in [6.45, 7) is 0. The number of aliphatic carboxylic acids is 1. The first-order valence-corrected chi connectivity index (χ1v) is 12.0. The molecule has 4 aromatic rings. The largest absolute Gasteiger partial charge is 0.496 e. The summed E-state index contributed by atoms with van der Waals surface area (Å²) in [5.41, 5.74) is 5.22. The Morgan fingerprint density at radius 1 is 1.17 bits per heavy atom. The van der Waals surface area contributed by atoms with E-state index in [2.05, 4.69) is 43.4 Å². The van der Waals surface area contributed by atoms with E-state index in [0.29, 0.717) is 5.56 Å². The summed E-state index contributed by atoms with van der Waals surface area (Å²) in [4.78, 5) is 19.9. The first kappa shape index (κ1) is 19.7. The molecule has 0 saturated carbocycles. The lowest BCUT2D eigenvalue weighted by molar-refractivity contribution is -0.136. The molecule has 1 N–H and O–H groups in total. The Kier molecular flexibility index (Phi) is 5.72. The van der Waals surface area contributed by atoms with Crippen molar-refractivity contribution in [1.82, 2.24) is 13.9 Å². The highest BCUT2D eigenvalue weighted by molar-refractivity contribution is 14.2. The minimum absolute atomic E-state index is 0.0647. The molecule has 0 fully saturated rings. The van der Waals surface area contributed by atoms with Crippen LogP contribution in [0.1, 0.15) is 5.56 Å². The molecule has 146 valence electrons. The number of para-hydroxylation sites is 1. The van der Waals surface area contributed by atoms with E-state index in [1.54, 1.807) is 34.8 Å². The van der Waals surface area contributed by atoms with Crippen LogP contribution in [0, 0.1) is 0 Å². The average Bonchev–Trinajstić information content (AvgIpc) is 3.11. The lowest BCUT2D eigenvalue weighted by atomic mass is 10.0. The number of carbonyl (C=O) groups is 1. The number of hydrogen-bond donors (Lipinski definition) is 1. The Labute approximate surface area is 183 Å². The SMILES string of the molecule is COc1ccccc1-c1cn(SI)c2ncc(-c3cncc(CC(=O)O)c3)cc12. The van der Waals surface area contributed by atoms with Gasteiger partial charge in [-0.2, -0.15) is 0 Å². The van der Waals surface area contributed by atoms with Gasteiger partial charge < -0.3 is 9.84 Å². The van der Waals surface area contributed by atoms with E-state index in [1.165, 1.54) is 0 Å². The third-order valence-corrected chi connectivity index (χ3v) is 6.27. The number of fused-ring (bicyclic) bond motifs is 1. The smallest absolute Gasteiger partial charge is 0.307 e. The molecule has 0 bridgehead atoms. The summed E-state index contributed by atoms with van der Waals surface area (Å²) in [5.74, 6) is -0.0901. The number of aromatic nitrogens is 3. The summed E-state index contributed by atoms with van der Waals surface area (Å²) in [7, 11) is 3.21. The average molecular weight is 517 g/mol. The predicted molar refractivity (Wildman–Crippen MR) is 123 cm³/mol. The number of halogens is 1. The van der Waals surface area contributed by atoms with Gasteiger partial charge in [-0.1, -0.05) is 18.2 Å². The van der Waals surface area contributed by atoms with Crippen molar-refractivity contribution >= 4 is 47.3 Å². The van der Waals surface area contributed by atoms with E-state index < -0.39 is 5.97 Å². The van der Waals surface area contributed by atoms with Crippen LogP contribution in [0.25, 0.3) is 33.3 Å². The number of pyridine rings is 2. The van der Waals surface area contributed by atoms with Gasteiger partial charge in [0.05, 0.1) is 13.5 Å². The van der Waals surface area contributed by atoms with Crippen molar-refractivity contribution in [2.24, 2.45) is 0 Å². The number of carboxylic acid groups (broad SMARTS) is 1. The van der Waals surface area contributed by atoms with Gasteiger partial charge in [0, 0.05) is 82.8 Å². The van der Waals surface area contributed by atoms with Crippen molar-refractivity contribution < 1.29 is 14.6 Å². The van der Waals surface area contributed by atoms with Crippen molar-refractivity contribution in [1.29, 1.82) is 0 Å². The summed E-state index contributed by atoms with van der Waals surface area (Å²) < 4.78 is 7.57. The highest BCUT2D eigenvalue weighted by Gasteiger charge is 2.16. The van der Waals surface area contributed by atoms with Gasteiger partial charge in [-0.3, -0.25) is 13.8 Å². The van der Waals surface area contributed by atoms with Crippen LogP contribution >= 0.6 is 30.3 Å². The maximum absolute atomic E-state index is 11.0. The molecule has 6 nitrogen and oxygen atoms in total. The number of benzene rings is 1. The molecule has 0 atom stereocenters. The van der Waals surface area contributed by atoms with Gasteiger partial charge in [-0.15, -0.1) is 0 Å². The number of carboxylic acids is 1. The molecule has 0 unspecified atom stereocenters. The second-order valence-corrected chi connectivity index (χ2v) is 8.10. The molecule has 29 heavy (non-hydrogen) atoms. The van der Waals surface area contributed by atoms with E-state index in [0.717, 1.165) is 39.0 Å². The minimum atomic E-state index is -0.882. The Balaban J connectivity index is 1.89. The Bertz CT molecular complexity index is 1210. The normalized spacial score (nSPS) is 11.0. The van der Waals surface area contributed by atoms with Gasteiger partial charge in [0.1, 0.15) is 5.75 Å². The lowest BCUT2D eigenvalue weighted by Gasteiger charge is -2.08. The van der Waals surface area contributed by atoms with Gasteiger partial charge in [0.25, 0.3) is 0 Å². The van der Waals surface area contributed by atoms with Gasteiger partial charge >= 0.3 is 5.97 Å². The Morgan fingerprint density at radius 2 is 1.97 bits per heavy atom. The van der Waals surface area contributed by atoms with E-state index in [4.69, 9.17) is 9.84 Å². The monoisotopic (exact) mass is 517 g/mol. The zero-order valence-electron chi connectivity index (χ0n) is 15.4. The zero-order valence-corrected chi connectivity index (χ0v) is 18.3. The molecule has 0 aliphatic rings. The molecule has 0 amide bonds. The maximum Gasteiger partial charge on any atom is 0.307 e. The molecule has 0 spiro atoms. The Morgan fingerprint density at radius 3 is 2.72 bits per heavy atom. The molecule has 0 saturated heterocycles. The van der Waals surface area contributed by atoms with Crippen LogP contribution < -0.4 is 4.74 Å². The number of methoxy groups -OCH3 is 1. The molecule has 8 heteroatoms. The molecule has 3 heterocycles. The van der Waals surface area contributed by atoms with Crippen molar-refractivity contribution in [3.8, 4) is 28.0 Å². The van der Waals surface area contributed by atoms with Gasteiger partial charge in [-0.25, -0.2) is 4.98 Å². The molecule has 1 aromatic carbocycles. The molecule has 0 aliphatic carbocycles. The lowest BCUT2D eigenvalue weighted by Crippen LogP contribution is -2.00. The molecule has 0 aliphatic heterocycles. The topological polar surface area (TPSA) is 77.2 Å². The second kappa shape index (κ2) is 8.42. The standard InChI is InChI=1S/C21H16IN3O3S/c1-28-19-5-3-2-4-16(19)18-12-25(29-22)21-17(18)8-15(11-24-21)14-6-13(7-20(26)27)9-23-10-14/h2-6,8-12H,7H2,1H3,(H,26,27). The summed E-state index contributed by atoms with van der Waals surface area (Å²) in [6, 6.07) is 11.8. The Hall–Kier alpha value is -2.59. The third kappa shape index (κ3) is 3.95. The van der Waals surface area contributed by atoms with Crippen LogP contribution in [-0.2, 0) is 11.2 Å². The van der Waals surface area contributed by atoms with Crippen LogP contribution in [0.2, 0.25) is 0 Å². The first-order chi connectivity index (χ1) is 14.1. The number of ether oxygens (including phenoxy) is 1. The van der Waals surface area contributed by atoms with Crippen LogP contribution in [-0.4, -0.2) is 32.1 Å². The van der Waals surface area contributed by atoms with Crippen LogP contribution in [0.4, 0.5) is 0 Å². The van der Waals surface area contributed by atoms with E-state index in [1.807, 2.05) is 34.3 Å². The van der Waals surface area contributed by atoms with Crippen molar-refractivity contribution in [3.05, 3.63) is 66.7 Å². The molecular weight excluding hydrogens is 501 g/mol. The highest BCUT2D eigenvalue weighted by atomic mass is 127. The maximum atomic E-state index is 11.0. The van der Waals surface area contributed by atoms with Crippen LogP contribution in [0.5, 0.6) is 5.75 Å². The fraction of sp³-hybridized carbons (Fsp3) is 0.0952. The van der Waals surface area contributed by atoms with Crippen molar-refractivity contribution in [2.75, 3.05) is 7.11 Å². The summed E-state index contributed by atoms with van der Waals surface area (Å²) >= 11 is 2.23. The van der Waals surface area contributed by atoms with Gasteiger partial charge in [0.2, 0.25) is 0 Å². The highest BCUT2D eigenvalue weighted by Crippen LogP contribution is 2.39. The minimum Gasteiger partial charge on any atom is -0.496 e. The fourth-order valence-corrected chi connectivity index (χ4v) is 4.55. The van der Waals surface area contributed by atoms with Crippen LogP contribution in [0.15, 0.2) is 61.2 Å². The fourth-order valence-electron chi connectivity index (χ4n) is 3.29. The quantitative estimate of drug-likeness (QED) is 0.353. The van der Waals surface area contributed by atoms with Crippen LogP contribution in [0.3, 0.4) is 0 Å². The summed E-state index contributed by atoms with van der Waals surface area (Å²) in [5, 5.41) is 10.0. The number of hydrogen-bond acceptors (Lipinski definition) is 5. The number of nitrogens with zero attached hydrogens (tertiary/aromatic N) is 3. The zero-order chi connectivity index (χ0) is 20.4. The summed E-state index contributed by atoms with van der Waals surface area (Å²) in [6.07, 6.45) is 7.08. The van der Waals surface area contributed by atoms with Gasteiger partial charge in [-0.05, 0) is 23.8 Å². The van der Waals surface area contributed by atoms with E-state index >= 15 is 0 Å². The molecule has 0 radical (unpaired) electrons. The van der Waals surface area contributed by atoms with Gasteiger partial charge in [0.15, 0.2) is 5.65 Å². The predicted octanol–water partition coefficient (Wildman–Crippen LogP) is 5.25. The first-order valence-electron chi connectivity index (χ1n) is 8.70. The molecule has 4 rings (SSSR count). The van der Waals surface area contributed by atoms with E-state index in [9.17, 15) is 4.79 Å².